The lowest BCUT2D eigenvalue weighted by atomic mass is 9.77. The van der Waals surface area contributed by atoms with E-state index in [2.05, 4.69) is 40.7 Å². The average molecular weight is 395 g/mol. The minimum absolute atomic E-state index is 0.00727. The standard InChI is InChI=1S/C24H30N2O3/c1-3-29-24(28)19-11-9-17(10-12-19)22(27)13-20-23(18-7-5-4-6-8-18)16(2)21-14-25-15-26(20)21/h4-8,14-15,17,19-20,22,27H,3,9-13H2,1-2H3. The van der Waals surface area contributed by atoms with Crippen LogP contribution in [0.15, 0.2) is 42.9 Å². The van der Waals surface area contributed by atoms with Crippen molar-refractivity contribution in [2.75, 3.05) is 6.61 Å². The number of aliphatic hydroxyl groups is 1. The summed E-state index contributed by atoms with van der Waals surface area (Å²) < 4.78 is 7.37. The Morgan fingerprint density at radius 1 is 1.24 bits per heavy atom. The number of rotatable bonds is 6. The number of carbonyl (C=O) groups excluding carboxylic acids is 1. The number of ether oxygens (including phenoxy) is 1. The molecule has 1 N–H and O–H groups in total. The lowest BCUT2D eigenvalue weighted by Crippen LogP contribution is -2.31. The van der Waals surface area contributed by atoms with Crippen LogP contribution >= 0.6 is 0 Å². The zero-order valence-electron chi connectivity index (χ0n) is 17.3. The maximum atomic E-state index is 12.0. The Morgan fingerprint density at radius 3 is 2.66 bits per heavy atom. The first-order valence-corrected chi connectivity index (χ1v) is 10.7. The molecule has 2 aliphatic rings. The largest absolute Gasteiger partial charge is 0.466 e. The molecule has 5 heteroatoms. The number of aromatic nitrogens is 2. The average Bonchev–Trinajstić information content (AvgIpc) is 3.32. The van der Waals surface area contributed by atoms with Crippen molar-refractivity contribution in [3.05, 3.63) is 54.1 Å². The molecule has 0 bridgehead atoms. The van der Waals surface area contributed by atoms with E-state index < -0.39 is 6.10 Å². The van der Waals surface area contributed by atoms with E-state index in [-0.39, 0.29) is 23.8 Å². The first-order chi connectivity index (χ1) is 14.1. The molecule has 4 rings (SSSR count). The van der Waals surface area contributed by atoms with Crippen LogP contribution in [0, 0.1) is 11.8 Å². The van der Waals surface area contributed by atoms with Gasteiger partial charge in [0.05, 0.1) is 42.9 Å². The number of carbonyl (C=O) groups is 1. The smallest absolute Gasteiger partial charge is 0.308 e. The van der Waals surface area contributed by atoms with E-state index in [1.807, 2.05) is 25.5 Å². The van der Waals surface area contributed by atoms with Gasteiger partial charge in [-0.05, 0) is 68.6 Å². The van der Waals surface area contributed by atoms with Crippen molar-refractivity contribution in [2.45, 2.75) is 58.1 Å². The van der Waals surface area contributed by atoms with E-state index in [9.17, 15) is 9.90 Å². The molecule has 29 heavy (non-hydrogen) atoms. The summed E-state index contributed by atoms with van der Waals surface area (Å²) in [6, 6.07) is 10.5. The predicted molar refractivity (Wildman–Crippen MR) is 113 cm³/mol. The first-order valence-electron chi connectivity index (χ1n) is 10.7. The second-order valence-electron chi connectivity index (χ2n) is 8.27. The van der Waals surface area contributed by atoms with E-state index in [1.54, 1.807) is 0 Å². The highest BCUT2D eigenvalue weighted by atomic mass is 16.5. The highest BCUT2D eigenvalue weighted by molar-refractivity contribution is 5.93. The van der Waals surface area contributed by atoms with Crippen LogP contribution in [-0.4, -0.2) is 33.3 Å². The molecule has 0 amide bonds. The van der Waals surface area contributed by atoms with Gasteiger partial charge in [0.1, 0.15) is 0 Å². The maximum absolute atomic E-state index is 12.0. The summed E-state index contributed by atoms with van der Waals surface area (Å²) in [6.07, 6.45) is 7.42. The van der Waals surface area contributed by atoms with Crippen LogP contribution in [-0.2, 0) is 9.53 Å². The Morgan fingerprint density at radius 2 is 1.97 bits per heavy atom. The van der Waals surface area contributed by atoms with Crippen LogP contribution in [0.5, 0.6) is 0 Å². The van der Waals surface area contributed by atoms with E-state index in [4.69, 9.17) is 4.74 Å². The van der Waals surface area contributed by atoms with E-state index in [0.29, 0.717) is 13.0 Å². The third-order valence-corrected chi connectivity index (χ3v) is 6.61. The van der Waals surface area contributed by atoms with E-state index in [1.165, 1.54) is 16.7 Å². The van der Waals surface area contributed by atoms with Crippen LogP contribution < -0.4 is 0 Å². The van der Waals surface area contributed by atoms with Gasteiger partial charge in [0, 0.05) is 0 Å². The van der Waals surface area contributed by atoms with Gasteiger partial charge in [0.25, 0.3) is 0 Å². The zero-order chi connectivity index (χ0) is 20.4. The molecule has 2 aromatic rings. The Kier molecular flexibility index (Phi) is 5.86. The van der Waals surface area contributed by atoms with Gasteiger partial charge < -0.3 is 14.4 Å². The normalized spacial score (nSPS) is 25.0. The molecule has 2 atom stereocenters. The van der Waals surface area contributed by atoms with Crippen molar-refractivity contribution in [1.82, 2.24) is 9.55 Å². The van der Waals surface area contributed by atoms with Crippen molar-refractivity contribution in [3.63, 3.8) is 0 Å². The number of allylic oxidation sites excluding steroid dienone is 2. The van der Waals surface area contributed by atoms with Crippen LogP contribution in [0.2, 0.25) is 0 Å². The van der Waals surface area contributed by atoms with Crippen molar-refractivity contribution in [3.8, 4) is 0 Å². The molecule has 2 unspecified atom stereocenters. The summed E-state index contributed by atoms with van der Waals surface area (Å²) in [7, 11) is 0. The van der Waals surface area contributed by atoms with Gasteiger partial charge >= 0.3 is 5.97 Å². The second kappa shape index (κ2) is 8.54. The van der Waals surface area contributed by atoms with Gasteiger partial charge in [0.15, 0.2) is 0 Å². The van der Waals surface area contributed by atoms with Gasteiger partial charge in [-0.3, -0.25) is 4.79 Å². The fourth-order valence-electron chi connectivity index (χ4n) is 5.05. The van der Waals surface area contributed by atoms with E-state index >= 15 is 0 Å². The molecule has 1 aromatic carbocycles. The summed E-state index contributed by atoms with van der Waals surface area (Å²) in [5.41, 5.74) is 4.85. The molecule has 5 nitrogen and oxygen atoms in total. The van der Waals surface area contributed by atoms with Crippen LogP contribution in [0.3, 0.4) is 0 Å². The van der Waals surface area contributed by atoms with Gasteiger partial charge in [-0.25, -0.2) is 4.98 Å². The van der Waals surface area contributed by atoms with Gasteiger partial charge in [-0.2, -0.15) is 0 Å². The number of imidazole rings is 1. The molecule has 0 radical (unpaired) electrons. The number of aliphatic hydroxyl groups excluding tert-OH is 1. The van der Waals surface area contributed by atoms with Gasteiger partial charge in [-0.1, -0.05) is 30.3 Å². The molecular weight excluding hydrogens is 364 g/mol. The molecule has 2 heterocycles. The minimum atomic E-state index is -0.400. The van der Waals surface area contributed by atoms with Crippen molar-refractivity contribution >= 4 is 17.1 Å². The van der Waals surface area contributed by atoms with Crippen LogP contribution in [0.1, 0.15) is 63.3 Å². The maximum Gasteiger partial charge on any atom is 0.308 e. The third-order valence-electron chi connectivity index (χ3n) is 6.61. The summed E-state index contributed by atoms with van der Waals surface area (Å²) >= 11 is 0. The summed E-state index contributed by atoms with van der Waals surface area (Å²) in [4.78, 5) is 16.3. The first kappa shape index (κ1) is 19.9. The molecule has 0 saturated heterocycles. The number of fused-ring (bicyclic) bond motifs is 1. The quantitative estimate of drug-likeness (QED) is 0.733. The van der Waals surface area contributed by atoms with Gasteiger partial charge in [0.2, 0.25) is 0 Å². The fourth-order valence-corrected chi connectivity index (χ4v) is 5.05. The second-order valence-corrected chi connectivity index (χ2v) is 8.27. The Labute approximate surface area is 172 Å². The number of hydrogen-bond donors (Lipinski definition) is 1. The number of hydrogen-bond acceptors (Lipinski definition) is 4. The SMILES string of the molecule is CCOC(=O)C1CCC(C(O)CC2C(c3ccccc3)=C(C)c3cncn32)CC1. The predicted octanol–water partition coefficient (Wildman–Crippen LogP) is 4.49. The summed E-state index contributed by atoms with van der Waals surface area (Å²) in [5.74, 6) is 0.141. The molecule has 1 fully saturated rings. The topological polar surface area (TPSA) is 64.3 Å². The fraction of sp³-hybridized carbons (Fsp3) is 0.500. The molecule has 154 valence electrons. The lowest BCUT2D eigenvalue weighted by Gasteiger charge is -2.32. The van der Waals surface area contributed by atoms with Crippen molar-refractivity contribution in [1.29, 1.82) is 0 Å². The number of benzene rings is 1. The Hall–Kier alpha value is -2.40. The molecule has 1 aromatic heterocycles. The van der Waals surface area contributed by atoms with Crippen molar-refractivity contribution in [2.24, 2.45) is 11.8 Å². The Bertz CT molecular complexity index is 879. The monoisotopic (exact) mass is 394 g/mol. The molecule has 1 saturated carbocycles. The lowest BCUT2D eigenvalue weighted by molar-refractivity contribution is -0.149. The summed E-state index contributed by atoms with van der Waals surface area (Å²) in [5, 5.41) is 11.1. The number of nitrogens with zero attached hydrogens (tertiary/aromatic N) is 2. The highest BCUT2D eigenvalue weighted by Gasteiger charge is 2.36. The third kappa shape index (κ3) is 3.88. The summed E-state index contributed by atoms with van der Waals surface area (Å²) in [6.45, 7) is 4.43. The van der Waals surface area contributed by atoms with Crippen LogP contribution in [0.25, 0.3) is 11.1 Å². The molecule has 0 spiro atoms. The van der Waals surface area contributed by atoms with Crippen LogP contribution in [0.4, 0.5) is 0 Å². The minimum Gasteiger partial charge on any atom is -0.466 e. The highest BCUT2D eigenvalue weighted by Crippen LogP contribution is 2.45. The van der Waals surface area contributed by atoms with E-state index in [0.717, 1.165) is 31.4 Å². The molecule has 1 aliphatic heterocycles. The van der Waals surface area contributed by atoms with Crippen molar-refractivity contribution < 1.29 is 14.6 Å². The number of esters is 1. The molecule has 1 aliphatic carbocycles. The molecular formula is C24H30N2O3. The zero-order valence-corrected chi connectivity index (χ0v) is 17.3. The Balaban J connectivity index is 1.48. The van der Waals surface area contributed by atoms with Gasteiger partial charge in [-0.15, -0.1) is 0 Å².